The van der Waals surface area contributed by atoms with E-state index in [0.717, 1.165) is 12.3 Å². The van der Waals surface area contributed by atoms with E-state index in [-0.39, 0.29) is 12.5 Å². The van der Waals surface area contributed by atoms with Crippen molar-refractivity contribution in [1.82, 2.24) is 0 Å². The molecular formula is C14H18Cl2N2O2. The molecule has 0 radical (unpaired) electrons. The van der Waals surface area contributed by atoms with E-state index in [1.807, 2.05) is 0 Å². The monoisotopic (exact) mass is 316 g/mol. The van der Waals surface area contributed by atoms with E-state index in [1.54, 1.807) is 12.1 Å². The minimum absolute atomic E-state index is 0.00372. The van der Waals surface area contributed by atoms with Gasteiger partial charge in [-0.25, -0.2) is 0 Å². The highest BCUT2D eigenvalue weighted by molar-refractivity contribution is 6.40. The second-order valence-corrected chi connectivity index (χ2v) is 5.86. The Morgan fingerprint density at radius 3 is 2.55 bits per heavy atom. The summed E-state index contributed by atoms with van der Waals surface area (Å²) in [6, 6.07) is 3.08. The molecule has 0 bridgehead atoms. The van der Waals surface area contributed by atoms with Crippen molar-refractivity contribution in [2.24, 2.45) is 5.92 Å². The number of benzene rings is 1. The molecule has 2 rings (SSSR count). The molecule has 1 fully saturated rings. The Morgan fingerprint density at radius 1 is 1.35 bits per heavy atom. The number of carbonyl (C=O) groups excluding carboxylic acids is 1. The van der Waals surface area contributed by atoms with Gasteiger partial charge in [-0.1, -0.05) is 42.5 Å². The van der Waals surface area contributed by atoms with Crippen LogP contribution in [-0.4, -0.2) is 19.1 Å². The molecule has 1 aromatic carbocycles. The van der Waals surface area contributed by atoms with Crippen LogP contribution in [0.2, 0.25) is 10.0 Å². The van der Waals surface area contributed by atoms with Gasteiger partial charge in [0, 0.05) is 12.3 Å². The summed E-state index contributed by atoms with van der Waals surface area (Å²) in [6.45, 7) is 0.616. The normalized spacial score (nSPS) is 14.9. The molecule has 0 aromatic heterocycles. The van der Waals surface area contributed by atoms with Crippen LogP contribution >= 0.6 is 23.2 Å². The van der Waals surface area contributed by atoms with Gasteiger partial charge in [-0.2, -0.15) is 0 Å². The fourth-order valence-electron chi connectivity index (χ4n) is 2.08. The van der Waals surface area contributed by atoms with Gasteiger partial charge in [-0.3, -0.25) is 4.79 Å². The Labute approximate surface area is 128 Å². The molecule has 1 aliphatic carbocycles. The molecule has 1 aliphatic rings. The van der Waals surface area contributed by atoms with Crippen LogP contribution < -0.4 is 11.1 Å². The van der Waals surface area contributed by atoms with Crippen LogP contribution in [0.25, 0.3) is 0 Å². The molecule has 0 heterocycles. The summed E-state index contributed by atoms with van der Waals surface area (Å²) in [6.07, 6.45) is 4.91. The molecule has 4 nitrogen and oxygen atoms in total. The van der Waals surface area contributed by atoms with Gasteiger partial charge in [0.2, 0.25) is 5.91 Å². The van der Waals surface area contributed by atoms with Crippen LogP contribution in [0.3, 0.4) is 0 Å². The van der Waals surface area contributed by atoms with Gasteiger partial charge in [0.05, 0.1) is 15.7 Å². The predicted molar refractivity (Wildman–Crippen MR) is 82.3 cm³/mol. The Kier molecular flexibility index (Phi) is 5.52. The molecule has 1 amide bonds. The molecule has 0 atom stereocenters. The number of halogens is 2. The summed E-state index contributed by atoms with van der Waals surface area (Å²) in [7, 11) is 0. The number of carbonyl (C=O) groups is 1. The third-order valence-corrected chi connectivity index (χ3v) is 4.05. The smallest absolute Gasteiger partial charge is 0.250 e. The minimum atomic E-state index is -0.271. The summed E-state index contributed by atoms with van der Waals surface area (Å²) >= 11 is 12.0. The number of nitrogens with two attached hydrogens (primary N) is 1. The zero-order chi connectivity index (χ0) is 14.5. The number of amides is 1. The maximum Gasteiger partial charge on any atom is 0.250 e. The highest BCUT2D eigenvalue weighted by Gasteiger charge is 2.17. The largest absolute Gasteiger partial charge is 0.399 e. The van der Waals surface area contributed by atoms with E-state index in [9.17, 15) is 4.79 Å². The van der Waals surface area contributed by atoms with Crippen molar-refractivity contribution in [3.63, 3.8) is 0 Å². The van der Waals surface area contributed by atoms with Crippen LogP contribution in [0.4, 0.5) is 11.4 Å². The van der Waals surface area contributed by atoms with Crippen molar-refractivity contribution in [2.75, 3.05) is 24.3 Å². The van der Waals surface area contributed by atoms with Gasteiger partial charge in [0.15, 0.2) is 0 Å². The first-order chi connectivity index (χ1) is 9.56. The van der Waals surface area contributed by atoms with Gasteiger partial charge in [-0.05, 0) is 24.5 Å². The van der Waals surface area contributed by atoms with E-state index in [1.165, 1.54) is 19.3 Å². The third kappa shape index (κ3) is 4.27. The van der Waals surface area contributed by atoms with Gasteiger partial charge in [-0.15, -0.1) is 0 Å². The van der Waals surface area contributed by atoms with Crippen LogP contribution in [-0.2, 0) is 9.53 Å². The minimum Gasteiger partial charge on any atom is -0.399 e. The van der Waals surface area contributed by atoms with Crippen molar-refractivity contribution in [3.8, 4) is 0 Å². The quantitative estimate of drug-likeness (QED) is 0.621. The van der Waals surface area contributed by atoms with Crippen LogP contribution in [0.15, 0.2) is 12.1 Å². The standard InChI is InChI=1S/C14H18Cl2N2O2/c15-11-6-10(17)7-12(16)14(11)18-13(19)8-20-5-4-9-2-1-3-9/h6-7,9H,1-5,8,17H2,(H,18,19). The lowest BCUT2D eigenvalue weighted by Crippen LogP contribution is -2.20. The summed E-state index contributed by atoms with van der Waals surface area (Å²) in [5, 5.41) is 3.27. The van der Waals surface area contributed by atoms with Crippen molar-refractivity contribution >= 4 is 40.5 Å². The molecule has 3 N–H and O–H groups in total. The van der Waals surface area contributed by atoms with Crippen LogP contribution in [0.1, 0.15) is 25.7 Å². The van der Waals surface area contributed by atoms with Crippen molar-refractivity contribution in [3.05, 3.63) is 22.2 Å². The van der Waals surface area contributed by atoms with Gasteiger partial charge >= 0.3 is 0 Å². The average Bonchev–Trinajstić information content (AvgIpc) is 2.31. The van der Waals surface area contributed by atoms with Crippen molar-refractivity contribution < 1.29 is 9.53 Å². The zero-order valence-corrected chi connectivity index (χ0v) is 12.6. The van der Waals surface area contributed by atoms with Gasteiger partial charge in [0.1, 0.15) is 6.61 Å². The summed E-state index contributed by atoms with van der Waals surface area (Å²) < 4.78 is 5.35. The molecule has 0 aliphatic heterocycles. The molecule has 0 saturated heterocycles. The predicted octanol–water partition coefficient (Wildman–Crippen LogP) is 3.72. The van der Waals surface area contributed by atoms with Crippen molar-refractivity contribution in [1.29, 1.82) is 0 Å². The number of hydrogen-bond donors (Lipinski definition) is 2. The Bertz CT molecular complexity index is 467. The average molecular weight is 317 g/mol. The fourth-order valence-corrected chi connectivity index (χ4v) is 2.68. The lowest BCUT2D eigenvalue weighted by atomic mass is 9.83. The molecule has 0 spiro atoms. The second kappa shape index (κ2) is 7.16. The third-order valence-electron chi connectivity index (χ3n) is 3.46. The summed E-state index contributed by atoms with van der Waals surface area (Å²) in [4.78, 5) is 11.7. The highest BCUT2D eigenvalue weighted by Crippen LogP contribution is 2.32. The molecule has 1 aromatic rings. The molecule has 110 valence electrons. The first-order valence-corrected chi connectivity index (χ1v) is 7.44. The molecule has 20 heavy (non-hydrogen) atoms. The topological polar surface area (TPSA) is 64.3 Å². The first-order valence-electron chi connectivity index (χ1n) is 6.68. The summed E-state index contributed by atoms with van der Waals surface area (Å²) in [5.41, 5.74) is 6.42. The first kappa shape index (κ1) is 15.4. The van der Waals surface area contributed by atoms with Crippen LogP contribution in [0, 0.1) is 5.92 Å². The lowest BCUT2D eigenvalue weighted by molar-refractivity contribution is -0.120. The fraction of sp³-hybridized carbons (Fsp3) is 0.500. The molecule has 1 saturated carbocycles. The van der Waals surface area contributed by atoms with E-state index in [0.29, 0.717) is 28.0 Å². The molecule has 0 unspecified atom stereocenters. The SMILES string of the molecule is Nc1cc(Cl)c(NC(=O)COCCC2CCC2)c(Cl)c1. The number of anilines is 2. The number of rotatable bonds is 6. The Morgan fingerprint density at radius 2 is 2.00 bits per heavy atom. The number of nitrogens with one attached hydrogen (secondary N) is 1. The lowest BCUT2D eigenvalue weighted by Gasteiger charge is -2.24. The Balaban J connectivity index is 1.76. The van der Waals surface area contributed by atoms with Gasteiger partial charge in [0.25, 0.3) is 0 Å². The summed E-state index contributed by atoms with van der Waals surface area (Å²) in [5.74, 6) is 0.506. The van der Waals surface area contributed by atoms with E-state index in [4.69, 9.17) is 33.7 Å². The van der Waals surface area contributed by atoms with Crippen molar-refractivity contribution in [2.45, 2.75) is 25.7 Å². The Hall–Kier alpha value is -0.970. The number of hydrogen-bond acceptors (Lipinski definition) is 3. The van der Waals surface area contributed by atoms with E-state index in [2.05, 4.69) is 5.32 Å². The molecule has 6 heteroatoms. The zero-order valence-electron chi connectivity index (χ0n) is 11.1. The highest BCUT2D eigenvalue weighted by atomic mass is 35.5. The van der Waals surface area contributed by atoms with Gasteiger partial charge < -0.3 is 15.8 Å². The van der Waals surface area contributed by atoms with E-state index < -0.39 is 0 Å². The maximum absolute atomic E-state index is 11.7. The number of ether oxygens (including phenoxy) is 1. The van der Waals surface area contributed by atoms with Crippen LogP contribution in [0.5, 0.6) is 0 Å². The number of nitrogen functional groups attached to an aromatic ring is 1. The second-order valence-electron chi connectivity index (χ2n) is 5.05. The van der Waals surface area contributed by atoms with E-state index >= 15 is 0 Å². The maximum atomic E-state index is 11.7. The molecular weight excluding hydrogens is 299 g/mol.